The van der Waals surface area contributed by atoms with Crippen molar-refractivity contribution in [2.75, 3.05) is 26.1 Å². The average molecular weight is 340 g/mol. The number of hydrogen-bond donors (Lipinski definition) is 0. The molecule has 122 valence electrons. The van der Waals surface area contributed by atoms with Crippen LogP contribution in [0.15, 0.2) is 30.3 Å². The molecule has 0 amide bonds. The molecule has 0 aromatic heterocycles. The fourth-order valence-corrected chi connectivity index (χ4v) is 6.83. The van der Waals surface area contributed by atoms with Crippen LogP contribution in [0.1, 0.15) is 24.8 Å². The van der Waals surface area contributed by atoms with Gasteiger partial charge in [-0.2, -0.15) is 0 Å². The lowest BCUT2D eigenvalue weighted by Gasteiger charge is -2.44. The first-order valence-corrected chi connectivity index (χ1v) is 10.8. The molecular formula is C17H25O3PS. The summed E-state index contributed by atoms with van der Waals surface area (Å²) >= 11 is 1.34. The van der Waals surface area contributed by atoms with Crippen molar-refractivity contribution >= 4 is 25.3 Å². The molecule has 0 N–H and O–H groups in total. The van der Waals surface area contributed by atoms with Gasteiger partial charge < -0.3 is 9.47 Å². The van der Waals surface area contributed by atoms with Crippen molar-refractivity contribution in [3.63, 3.8) is 0 Å². The molecule has 2 rings (SSSR count). The van der Waals surface area contributed by atoms with E-state index in [0.717, 1.165) is 43.4 Å². The average Bonchev–Trinajstić information content (AvgIpc) is 2.57. The van der Waals surface area contributed by atoms with Gasteiger partial charge in [-0.1, -0.05) is 50.0 Å². The number of methoxy groups -OCH3 is 1. The van der Waals surface area contributed by atoms with Gasteiger partial charge in [0, 0.05) is 24.9 Å². The zero-order valence-corrected chi connectivity index (χ0v) is 15.1. The van der Waals surface area contributed by atoms with Gasteiger partial charge in [0.05, 0.1) is 6.61 Å². The molecule has 5 heteroatoms. The van der Waals surface area contributed by atoms with E-state index in [0.29, 0.717) is 0 Å². The van der Waals surface area contributed by atoms with Crippen LogP contribution in [-0.4, -0.2) is 43.2 Å². The van der Waals surface area contributed by atoms with Crippen LogP contribution >= 0.6 is 19.7 Å². The summed E-state index contributed by atoms with van der Waals surface area (Å²) in [5.74, 6) is 0.260. The molecule has 1 aliphatic heterocycles. The summed E-state index contributed by atoms with van der Waals surface area (Å²) in [4.78, 5) is 10.9. The Morgan fingerprint density at radius 1 is 1.41 bits per heavy atom. The van der Waals surface area contributed by atoms with Gasteiger partial charge in [-0.3, -0.25) is 4.79 Å². The van der Waals surface area contributed by atoms with Crippen LogP contribution in [0, 0.1) is 0 Å². The molecule has 1 saturated heterocycles. The molecule has 0 spiro atoms. The van der Waals surface area contributed by atoms with E-state index in [1.807, 2.05) is 6.07 Å². The molecule has 0 bridgehead atoms. The highest BCUT2D eigenvalue weighted by atomic mass is 32.2. The van der Waals surface area contributed by atoms with Crippen LogP contribution in [0.5, 0.6) is 0 Å². The number of ether oxygens (including phenoxy) is 2. The molecule has 1 aromatic rings. The van der Waals surface area contributed by atoms with E-state index in [1.165, 1.54) is 17.3 Å². The van der Waals surface area contributed by atoms with Gasteiger partial charge in [-0.05, 0) is 31.2 Å². The first-order chi connectivity index (χ1) is 10.7. The van der Waals surface area contributed by atoms with E-state index in [2.05, 4.69) is 30.9 Å². The lowest BCUT2D eigenvalue weighted by atomic mass is 10.0. The number of hydrogen-bond acceptors (Lipinski definition) is 4. The molecular weight excluding hydrogens is 315 g/mol. The first kappa shape index (κ1) is 17.9. The third-order valence-corrected chi connectivity index (χ3v) is 7.66. The van der Waals surface area contributed by atoms with Crippen LogP contribution in [-0.2, 0) is 20.4 Å². The summed E-state index contributed by atoms with van der Waals surface area (Å²) in [6.45, 7) is 3.06. The third kappa shape index (κ3) is 4.55. The molecule has 0 aliphatic carbocycles. The Kier molecular flexibility index (Phi) is 7.36. The van der Waals surface area contributed by atoms with Gasteiger partial charge >= 0.3 is 0 Å². The third-order valence-electron chi connectivity index (χ3n) is 4.25. The number of carbonyl (C=O) groups is 1. The maximum atomic E-state index is 10.9. The minimum Gasteiger partial charge on any atom is -0.353 e. The van der Waals surface area contributed by atoms with Crippen molar-refractivity contribution in [1.82, 2.24) is 0 Å². The maximum Gasteiger partial charge on any atom is 0.176 e. The number of carbonyl (C=O) groups excluding carboxylic acids is 1. The molecule has 3 atom stereocenters. The fraction of sp³-hybridized carbons (Fsp3) is 0.588. The van der Waals surface area contributed by atoms with Crippen molar-refractivity contribution < 1.29 is 14.3 Å². The minimum atomic E-state index is -0.510. The highest BCUT2D eigenvalue weighted by Gasteiger charge is 2.44. The summed E-state index contributed by atoms with van der Waals surface area (Å²) in [5.41, 5.74) is 2.55. The SMILES string of the molecule is COC1(C(CSC=O)P(C)Cc2ccccc2)CCCCO1. The second-order valence-corrected chi connectivity index (χ2v) is 8.98. The molecule has 3 unspecified atom stereocenters. The van der Waals surface area contributed by atoms with Crippen molar-refractivity contribution in [3.05, 3.63) is 35.9 Å². The van der Waals surface area contributed by atoms with Crippen molar-refractivity contribution in [3.8, 4) is 0 Å². The number of rotatable bonds is 8. The van der Waals surface area contributed by atoms with E-state index < -0.39 is 5.79 Å². The van der Waals surface area contributed by atoms with Crippen molar-refractivity contribution in [1.29, 1.82) is 0 Å². The van der Waals surface area contributed by atoms with Crippen LogP contribution in [0.25, 0.3) is 0 Å². The van der Waals surface area contributed by atoms with Gasteiger partial charge in [0.2, 0.25) is 0 Å². The second kappa shape index (κ2) is 9.02. The predicted octanol–water partition coefficient (Wildman–Crippen LogP) is 4.13. The van der Waals surface area contributed by atoms with E-state index in [1.54, 1.807) is 7.11 Å². The highest BCUT2D eigenvalue weighted by molar-refractivity contribution is 8.12. The number of thioether (sulfide) groups is 1. The molecule has 1 aromatic carbocycles. The monoisotopic (exact) mass is 340 g/mol. The van der Waals surface area contributed by atoms with Gasteiger partial charge in [0.25, 0.3) is 0 Å². The Morgan fingerprint density at radius 2 is 2.18 bits per heavy atom. The van der Waals surface area contributed by atoms with E-state index >= 15 is 0 Å². The first-order valence-electron chi connectivity index (χ1n) is 7.70. The largest absolute Gasteiger partial charge is 0.353 e. The summed E-state index contributed by atoms with van der Waals surface area (Å²) in [5, 5.41) is 0. The summed E-state index contributed by atoms with van der Waals surface area (Å²) in [7, 11) is 1.41. The highest BCUT2D eigenvalue weighted by Crippen LogP contribution is 2.50. The zero-order chi connectivity index (χ0) is 15.8. The van der Waals surface area contributed by atoms with Crippen molar-refractivity contribution in [2.24, 2.45) is 0 Å². The van der Waals surface area contributed by atoms with Gasteiger partial charge in [-0.25, -0.2) is 0 Å². The normalized spacial score (nSPS) is 24.6. The molecule has 3 nitrogen and oxygen atoms in total. The van der Waals surface area contributed by atoms with Crippen molar-refractivity contribution in [2.45, 2.75) is 36.9 Å². The van der Waals surface area contributed by atoms with Gasteiger partial charge in [0.1, 0.15) is 0 Å². The summed E-state index contributed by atoms with van der Waals surface area (Å²) in [6.07, 6.45) is 4.19. The maximum absolute atomic E-state index is 10.9. The Bertz CT molecular complexity index is 448. The quantitative estimate of drug-likeness (QED) is 0.526. The number of benzene rings is 1. The van der Waals surface area contributed by atoms with Crippen LogP contribution in [0.2, 0.25) is 0 Å². The lowest BCUT2D eigenvalue weighted by molar-refractivity contribution is -0.239. The Labute approximate surface area is 138 Å². The smallest absolute Gasteiger partial charge is 0.176 e. The Hall–Kier alpha value is -0.410. The molecule has 1 aliphatic rings. The zero-order valence-electron chi connectivity index (χ0n) is 13.4. The molecule has 1 heterocycles. The minimum absolute atomic E-state index is 0.267. The van der Waals surface area contributed by atoms with Gasteiger partial charge in [0.15, 0.2) is 11.4 Å². The summed E-state index contributed by atoms with van der Waals surface area (Å²) in [6, 6.07) is 10.5. The van der Waals surface area contributed by atoms with Crippen LogP contribution in [0.3, 0.4) is 0 Å². The molecule has 1 fully saturated rings. The molecule has 0 radical (unpaired) electrons. The Balaban J connectivity index is 2.14. The molecule has 0 saturated carbocycles. The van der Waals surface area contributed by atoms with Crippen LogP contribution in [0.4, 0.5) is 0 Å². The molecule has 22 heavy (non-hydrogen) atoms. The topological polar surface area (TPSA) is 35.5 Å². The van der Waals surface area contributed by atoms with Gasteiger partial charge in [-0.15, -0.1) is 0 Å². The van der Waals surface area contributed by atoms with E-state index in [-0.39, 0.29) is 13.6 Å². The standard InChI is InChI=1S/C17H25O3PS/c1-19-17(10-6-7-11-20-17)16(13-22-14-18)21(2)12-15-8-4-3-5-9-15/h3-5,8-9,14,16H,6-7,10-13H2,1-2H3. The predicted molar refractivity (Wildman–Crippen MR) is 95.5 cm³/mol. The Morgan fingerprint density at radius 3 is 2.77 bits per heavy atom. The fourth-order valence-electron chi connectivity index (χ4n) is 3.05. The van der Waals surface area contributed by atoms with Crippen LogP contribution < -0.4 is 0 Å². The lowest BCUT2D eigenvalue weighted by Crippen LogP contribution is -2.49. The second-order valence-electron chi connectivity index (χ2n) is 5.67. The van der Waals surface area contributed by atoms with E-state index in [4.69, 9.17) is 9.47 Å². The summed E-state index contributed by atoms with van der Waals surface area (Å²) < 4.78 is 12.0. The van der Waals surface area contributed by atoms with E-state index in [9.17, 15) is 4.79 Å².